The van der Waals surface area contributed by atoms with Crippen molar-refractivity contribution < 1.29 is 13.7 Å². The average molecular weight is 329 g/mol. The highest BCUT2D eigenvalue weighted by Crippen LogP contribution is 2.40. The van der Waals surface area contributed by atoms with Crippen LogP contribution in [0.4, 0.5) is 4.39 Å². The molecule has 0 aliphatic carbocycles. The minimum absolute atomic E-state index is 0.0580. The lowest BCUT2D eigenvalue weighted by Gasteiger charge is -2.50. The summed E-state index contributed by atoms with van der Waals surface area (Å²) in [4.78, 5) is 16.8. The maximum Gasteiger partial charge on any atom is 0.276 e. The minimum atomic E-state index is -0.211. The first-order valence-corrected chi connectivity index (χ1v) is 8.28. The molecule has 0 radical (unpaired) electrons. The first-order valence-electron chi connectivity index (χ1n) is 8.28. The molecule has 1 aromatic carbocycles. The van der Waals surface area contributed by atoms with Crippen LogP contribution in [0.15, 0.2) is 34.9 Å². The van der Waals surface area contributed by atoms with Crippen LogP contribution in [0.1, 0.15) is 34.7 Å². The molecule has 6 heteroatoms. The summed E-state index contributed by atoms with van der Waals surface area (Å²) in [7, 11) is 0. The number of hydrogen-bond acceptors (Lipinski definition) is 4. The number of rotatable bonds is 3. The van der Waals surface area contributed by atoms with Crippen LogP contribution in [-0.4, -0.2) is 46.0 Å². The Morgan fingerprint density at radius 2 is 2.04 bits per heavy atom. The average Bonchev–Trinajstić information content (AvgIpc) is 3.21. The van der Waals surface area contributed by atoms with Gasteiger partial charge in [-0.1, -0.05) is 17.3 Å². The molecule has 1 aromatic heterocycles. The highest BCUT2D eigenvalue weighted by molar-refractivity contribution is 5.92. The molecule has 5 nitrogen and oxygen atoms in total. The number of likely N-dealkylation sites (tertiary alicyclic amines) is 2. The summed E-state index contributed by atoms with van der Waals surface area (Å²) in [6, 6.07) is 8.34. The summed E-state index contributed by atoms with van der Waals surface area (Å²) < 4.78 is 18.1. The predicted molar refractivity (Wildman–Crippen MR) is 85.9 cm³/mol. The molecule has 4 rings (SSSR count). The zero-order valence-corrected chi connectivity index (χ0v) is 13.7. The fourth-order valence-electron chi connectivity index (χ4n) is 3.76. The van der Waals surface area contributed by atoms with Crippen molar-refractivity contribution in [2.75, 3.05) is 19.6 Å². The lowest BCUT2D eigenvalue weighted by Crippen LogP contribution is -2.60. The van der Waals surface area contributed by atoms with Gasteiger partial charge in [0, 0.05) is 37.8 Å². The van der Waals surface area contributed by atoms with Gasteiger partial charge in [-0.2, -0.15) is 0 Å². The number of carbonyl (C=O) groups is 1. The van der Waals surface area contributed by atoms with Crippen molar-refractivity contribution in [2.24, 2.45) is 0 Å². The van der Waals surface area contributed by atoms with Crippen molar-refractivity contribution in [3.05, 3.63) is 53.2 Å². The van der Waals surface area contributed by atoms with Gasteiger partial charge in [-0.3, -0.25) is 9.69 Å². The molecule has 1 atom stereocenters. The van der Waals surface area contributed by atoms with E-state index in [-0.39, 0.29) is 17.3 Å². The lowest BCUT2D eigenvalue weighted by atomic mass is 9.83. The third kappa shape index (κ3) is 2.60. The summed E-state index contributed by atoms with van der Waals surface area (Å²) in [6.07, 6.45) is 2.06. The standard InChI is InChI=1S/C18H20FN3O2/c1-13-10-16(20-24-13)17(23)21-8-6-18(12-21)7-9-22(18)11-14-2-4-15(19)5-3-14/h2-5,10H,6-9,11-12H2,1H3. The summed E-state index contributed by atoms with van der Waals surface area (Å²) in [5.41, 5.74) is 1.55. The number of benzene rings is 1. The second kappa shape index (κ2) is 5.70. The quantitative estimate of drug-likeness (QED) is 0.868. The molecule has 0 saturated carbocycles. The van der Waals surface area contributed by atoms with E-state index in [2.05, 4.69) is 10.1 Å². The molecular formula is C18H20FN3O2. The van der Waals surface area contributed by atoms with Crippen molar-refractivity contribution in [2.45, 2.75) is 31.8 Å². The van der Waals surface area contributed by atoms with Gasteiger partial charge in [0.2, 0.25) is 0 Å². The molecule has 2 aliphatic heterocycles. The molecule has 3 heterocycles. The maximum absolute atomic E-state index is 13.0. The van der Waals surface area contributed by atoms with Crippen molar-refractivity contribution >= 4 is 5.91 Å². The number of aromatic nitrogens is 1. The molecule has 2 aromatic rings. The topological polar surface area (TPSA) is 49.6 Å². The number of halogens is 1. The number of hydrogen-bond donors (Lipinski definition) is 0. The Bertz CT molecular complexity index is 758. The van der Waals surface area contributed by atoms with Crippen molar-refractivity contribution in [3.63, 3.8) is 0 Å². The highest BCUT2D eigenvalue weighted by atomic mass is 19.1. The lowest BCUT2D eigenvalue weighted by molar-refractivity contribution is -0.0132. The first-order chi connectivity index (χ1) is 11.6. The van der Waals surface area contributed by atoms with Crippen LogP contribution >= 0.6 is 0 Å². The fraction of sp³-hybridized carbons (Fsp3) is 0.444. The third-order valence-corrected chi connectivity index (χ3v) is 5.27. The van der Waals surface area contributed by atoms with Gasteiger partial charge in [0.15, 0.2) is 5.69 Å². The monoisotopic (exact) mass is 329 g/mol. The Kier molecular flexibility index (Phi) is 3.64. The molecule has 1 amide bonds. The molecule has 24 heavy (non-hydrogen) atoms. The normalized spacial score (nSPS) is 23.7. The van der Waals surface area contributed by atoms with Gasteiger partial charge in [0.1, 0.15) is 11.6 Å². The Hall–Kier alpha value is -2.21. The second-order valence-electron chi connectivity index (χ2n) is 6.82. The molecule has 1 unspecified atom stereocenters. The molecule has 0 N–H and O–H groups in total. The van der Waals surface area contributed by atoms with Gasteiger partial charge in [-0.15, -0.1) is 0 Å². The molecule has 1 spiro atoms. The Morgan fingerprint density at radius 3 is 2.67 bits per heavy atom. The molecule has 2 fully saturated rings. The van der Waals surface area contributed by atoms with E-state index < -0.39 is 0 Å². The van der Waals surface area contributed by atoms with E-state index in [1.807, 2.05) is 17.0 Å². The van der Waals surface area contributed by atoms with E-state index in [0.29, 0.717) is 11.5 Å². The van der Waals surface area contributed by atoms with E-state index in [9.17, 15) is 9.18 Å². The van der Waals surface area contributed by atoms with Crippen LogP contribution in [0.3, 0.4) is 0 Å². The number of nitrogens with zero attached hydrogens (tertiary/aromatic N) is 3. The number of amides is 1. The van der Waals surface area contributed by atoms with Crippen molar-refractivity contribution in [1.82, 2.24) is 15.0 Å². The molecule has 2 saturated heterocycles. The summed E-state index contributed by atoms with van der Waals surface area (Å²) in [5.74, 6) is 0.379. The fourth-order valence-corrected chi connectivity index (χ4v) is 3.76. The van der Waals surface area contributed by atoms with E-state index in [0.717, 1.165) is 44.6 Å². The smallest absolute Gasteiger partial charge is 0.276 e. The molecule has 126 valence electrons. The van der Waals surface area contributed by atoms with Crippen LogP contribution < -0.4 is 0 Å². The summed E-state index contributed by atoms with van der Waals surface area (Å²) in [6.45, 7) is 5.06. The SMILES string of the molecule is Cc1cc(C(=O)N2CCC3(CCN3Cc3ccc(F)cc3)C2)no1. The van der Waals surface area contributed by atoms with E-state index in [1.165, 1.54) is 12.1 Å². The van der Waals surface area contributed by atoms with Crippen LogP contribution in [0.2, 0.25) is 0 Å². The van der Waals surface area contributed by atoms with Crippen LogP contribution in [0.25, 0.3) is 0 Å². The van der Waals surface area contributed by atoms with Gasteiger partial charge in [-0.25, -0.2) is 4.39 Å². The third-order valence-electron chi connectivity index (χ3n) is 5.27. The zero-order valence-electron chi connectivity index (χ0n) is 13.7. The van der Waals surface area contributed by atoms with Crippen LogP contribution in [0, 0.1) is 12.7 Å². The van der Waals surface area contributed by atoms with E-state index in [1.54, 1.807) is 13.0 Å². The van der Waals surface area contributed by atoms with Crippen molar-refractivity contribution in [1.29, 1.82) is 0 Å². The molecule has 2 aliphatic rings. The Labute approximate surface area is 140 Å². The Morgan fingerprint density at radius 1 is 1.29 bits per heavy atom. The minimum Gasteiger partial charge on any atom is -0.361 e. The maximum atomic E-state index is 13.0. The van der Waals surface area contributed by atoms with Crippen LogP contribution in [-0.2, 0) is 6.54 Å². The predicted octanol–water partition coefficient (Wildman–Crippen LogP) is 2.61. The largest absolute Gasteiger partial charge is 0.361 e. The van der Waals surface area contributed by atoms with Gasteiger partial charge in [0.05, 0.1) is 0 Å². The number of carbonyl (C=O) groups excluding carboxylic acids is 1. The van der Waals surface area contributed by atoms with Gasteiger partial charge < -0.3 is 9.42 Å². The van der Waals surface area contributed by atoms with E-state index >= 15 is 0 Å². The zero-order chi connectivity index (χ0) is 16.7. The Balaban J connectivity index is 1.43. The molecule has 0 bridgehead atoms. The van der Waals surface area contributed by atoms with Crippen LogP contribution in [0.5, 0.6) is 0 Å². The second-order valence-corrected chi connectivity index (χ2v) is 6.82. The number of aryl methyl sites for hydroxylation is 1. The van der Waals surface area contributed by atoms with Gasteiger partial charge in [-0.05, 0) is 37.5 Å². The first kappa shape index (κ1) is 15.3. The van der Waals surface area contributed by atoms with Gasteiger partial charge in [0.25, 0.3) is 5.91 Å². The summed E-state index contributed by atoms with van der Waals surface area (Å²) in [5, 5.41) is 3.83. The van der Waals surface area contributed by atoms with Crippen molar-refractivity contribution in [3.8, 4) is 0 Å². The van der Waals surface area contributed by atoms with E-state index in [4.69, 9.17) is 4.52 Å². The highest BCUT2D eigenvalue weighted by Gasteiger charge is 2.50. The van der Waals surface area contributed by atoms with Gasteiger partial charge >= 0.3 is 0 Å². The summed E-state index contributed by atoms with van der Waals surface area (Å²) >= 11 is 0. The molecular weight excluding hydrogens is 309 g/mol.